The van der Waals surface area contributed by atoms with Gasteiger partial charge in [0, 0.05) is 17.8 Å². The molecule has 0 radical (unpaired) electrons. The third kappa shape index (κ3) is 3.48. The molecule has 1 spiro atoms. The van der Waals surface area contributed by atoms with Crippen molar-refractivity contribution in [3.8, 4) is 5.69 Å². The van der Waals surface area contributed by atoms with Gasteiger partial charge in [-0.25, -0.2) is 9.67 Å². The number of thiophene rings is 1. The van der Waals surface area contributed by atoms with Crippen molar-refractivity contribution in [2.75, 3.05) is 19.7 Å². The van der Waals surface area contributed by atoms with Crippen LogP contribution in [0.15, 0.2) is 43.0 Å². The van der Waals surface area contributed by atoms with E-state index in [0.29, 0.717) is 6.54 Å². The summed E-state index contributed by atoms with van der Waals surface area (Å²) in [7, 11) is 0. The highest BCUT2D eigenvalue weighted by Gasteiger charge is 2.40. The molecular formula is C21H23N5O2S. The number of carbonyl (C=O) groups excluding carboxylic acids is 1. The molecule has 2 aliphatic rings. The van der Waals surface area contributed by atoms with Gasteiger partial charge in [-0.15, -0.1) is 11.3 Å². The Morgan fingerprint density at radius 1 is 1.31 bits per heavy atom. The summed E-state index contributed by atoms with van der Waals surface area (Å²) in [6.07, 6.45) is 5.97. The molecule has 0 bridgehead atoms. The molecule has 0 aliphatic carbocycles. The number of rotatable bonds is 4. The zero-order chi connectivity index (χ0) is 19.7. The average molecular weight is 410 g/mol. The second kappa shape index (κ2) is 7.70. The highest BCUT2D eigenvalue weighted by molar-refractivity contribution is 7.14. The predicted molar refractivity (Wildman–Crippen MR) is 110 cm³/mol. The Labute approximate surface area is 173 Å². The lowest BCUT2D eigenvalue weighted by Gasteiger charge is -2.40. The van der Waals surface area contributed by atoms with Crippen molar-refractivity contribution < 1.29 is 9.53 Å². The van der Waals surface area contributed by atoms with Crippen LogP contribution in [0, 0.1) is 0 Å². The first kappa shape index (κ1) is 18.5. The van der Waals surface area contributed by atoms with Gasteiger partial charge in [0.15, 0.2) is 0 Å². The molecule has 3 aromatic rings. The molecule has 1 saturated heterocycles. The number of nitrogens with zero attached hydrogens (tertiary/aromatic N) is 3. The molecule has 5 rings (SSSR count). The minimum absolute atomic E-state index is 0.0399. The monoisotopic (exact) mass is 409 g/mol. The van der Waals surface area contributed by atoms with Crippen LogP contribution >= 0.6 is 11.3 Å². The van der Waals surface area contributed by atoms with E-state index in [-0.39, 0.29) is 11.5 Å². The molecule has 2 aromatic heterocycles. The number of amides is 1. The first-order chi connectivity index (χ1) is 14.3. The molecule has 1 fully saturated rings. The van der Waals surface area contributed by atoms with E-state index in [2.05, 4.69) is 26.8 Å². The molecule has 7 nitrogen and oxygen atoms in total. The number of piperidine rings is 1. The Balaban J connectivity index is 1.34. The van der Waals surface area contributed by atoms with Crippen LogP contribution in [-0.2, 0) is 23.3 Å². The fourth-order valence-electron chi connectivity index (χ4n) is 4.25. The van der Waals surface area contributed by atoms with Crippen LogP contribution in [0.4, 0.5) is 0 Å². The number of hydrogen-bond acceptors (Lipinski definition) is 6. The van der Waals surface area contributed by atoms with Gasteiger partial charge in [-0.05, 0) is 49.2 Å². The van der Waals surface area contributed by atoms with Crippen molar-refractivity contribution in [2.24, 2.45) is 0 Å². The molecule has 0 saturated carbocycles. The number of benzene rings is 1. The Bertz CT molecular complexity index is 1010. The van der Waals surface area contributed by atoms with Crippen molar-refractivity contribution in [1.82, 2.24) is 25.4 Å². The van der Waals surface area contributed by atoms with Gasteiger partial charge >= 0.3 is 0 Å². The van der Waals surface area contributed by atoms with Crippen molar-refractivity contribution in [3.63, 3.8) is 0 Å². The first-order valence-corrected chi connectivity index (χ1v) is 10.8. The molecule has 1 aromatic carbocycles. The molecular weight excluding hydrogens is 386 g/mol. The highest BCUT2D eigenvalue weighted by atomic mass is 32.1. The minimum Gasteiger partial charge on any atom is -0.370 e. The van der Waals surface area contributed by atoms with E-state index in [9.17, 15) is 4.79 Å². The quantitative estimate of drug-likeness (QED) is 0.692. The lowest BCUT2D eigenvalue weighted by Crippen LogP contribution is -2.44. The molecule has 4 heterocycles. The minimum atomic E-state index is -0.215. The Hall–Kier alpha value is -2.55. The predicted octanol–water partition coefficient (Wildman–Crippen LogP) is 2.41. The van der Waals surface area contributed by atoms with E-state index in [1.165, 1.54) is 16.8 Å². The van der Waals surface area contributed by atoms with E-state index in [4.69, 9.17) is 4.74 Å². The summed E-state index contributed by atoms with van der Waals surface area (Å²) in [5.41, 5.74) is 2.92. The van der Waals surface area contributed by atoms with Gasteiger partial charge < -0.3 is 15.4 Å². The van der Waals surface area contributed by atoms with Gasteiger partial charge in [0.25, 0.3) is 5.91 Å². The molecule has 1 amide bonds. The van der Waals surface area contributed by atoms with E-state index in [1.807, 2.05) is 24.3 Å². The zero-order valence-electron chi connectivity index (χ0n) is 16.1. The van der Waals surface area contributed by atoms with Gasteiger partial charge in [-0.3, -0.25) is 4.79 Å². The van der Waals surface area contributed by atoms with Crippen molar-refractivity contribution in [1.29, 1.82) is 0 Å². The van der Waals surface area contributed by atoms with E-state index >= 15 is 0 Å². The number of carbonyl (C=O) groups is 1. The van der Waals surface area contributed by atoms with E-state index in [0.717, 1.165) is 55.1 Å². The van der Waals surface area contributed by atoms with Gasteiger partial charge in [0.05, 0.1) is 22.8 Å². The van der Waals surface area contributed by atoms with Crippen LogP contribution in [0.25, 0.3) is 5.69 Å². The van der Waals surface area contributed by atoms with Crippen molar-refractivity contribution in [2.45, 2.75) is 31.4 Å². The van der Waals surface area contributed by atoms with E-state index < -0.39 is 0 Å². The third-order valence-electron chi connectivity index (χ3n) is 5.74. The second-order valence-electron chi connectivity index (χ2n) is 7.44. The first-order valence-electron chi connectivity index (χ1n) is 9.94. The Kier molecular flexibility index (Phi) is 4.91. The number of aromatic nitrogens is 3. The Morgan fingerprint density at radius 2 is 2.17 bits per heavy atom. The number of nitrogens with one attached hydrogen (secondary N) is 2. The summed E-state index contributed by atoms with van der Waals surface area (Å²) >= 11 is 1.61. The zero-order valence-corrected chi connectivity index (χ0v) is 16.9. The fourth-order valence-corrected chi connectivity index (χ4v) is 5.40. The standard InChI is InChI=1S/C21H23N5O2S/c27-20(24-12-15-3-1-2-4-17(15)26-14-23-13-25-26)19-11-16-18(29-19)5-10-28-21(16)6-8-22-9-7-21/h1-4,11,13-14,22H,5-10,12H2,(H,24,27). The summed E-state index contributed by atoms with van der Waals surface area (Å²) in [5.74, 6) is -0.0399. The van der Waals surface area contributed by atoms with Crippen LogP contribution in [0.1, 0.15) is 38.5 Å². The Morgan fingerprint density at radius 3 is 3.00 bits per heavy atom. The largest absolute Gasteiger partial charge is 0.370 e. The molecule has 8 heteroatoms. The number of ether oxygens (including phenoxy) is 1. The van der Waals surface area contributed by atoms with Crippen molar-refractivity contribution in [3.05, 3.63) is 63.9 Å². The molecule has 2 aliphatic heterocycles. The van der Waals surface area contributed by atoms with Gasteiger partial charge in [-0.2, -0.15) is 5.10 Å². The van der Waals surface area contributed by atoms with Gasteiger partial charge in [0.2, 0.25) is 0 Å². The fraction of sp³-hybridized carbons (Fsp3) is 0.381. The molecule has 0 atom stereocenters. The number of para-hydroxylation sites is 1. The van der Waals surface area contributed by atoms with Crippen LogP contribution in [0.2, 0.25) is 0 Å². The van der Waals surface area contributed by atoms with Crippen LogP contribution in [-0.4, -0.2) is 40.4 Å². The summed E-state index contributed by atoms with van der Waals surface area (Å²) < 4.78 is 7.94. The van der Waals surface area contributed by atoms with Gasteiger partial charge in [-0.1, -0.05) is 18.2 Å². The highest BCUT2D eigenvalue weighted by Crippen LogP contribution is 2.43. The summed E-state index contributed by atoms with van der Waals surface area (Å²) in [6.45, 7) is 3.08. The van der Waals surface area contributed by atoms with E-state index in [1.54, 1.807) is 22.3 Å². The summed E-state index contributed by atoms with van der Waals surface area (Å²) in [6, 6.07) is 9.94. The number of fused-ring (bicyclic) bond motifs is 2. The second-order valence-corrected chi connectivity index (χ2v) is 8.58. The molecule has 0 unspecified atom stereocenters. The SMILES string of the molecule is O=C(NCc1ccccc1-n1cncn1)c1cc2c(s1)CCOC21CCNCC1. The van der Waals surface area contributed by atoms with Crippen LogP contribution in [0.3, 0.4) is 0 Å². The summed E-state index contributed by atoms with van der Waals surface area (Å²) in [4.78, 5) is 19.0. The molecule has 150 valence electrons. The van der Waals surface area contributed by atoms with Gasteiger partial charge in [0.1, 0.15) is 12.7 Å². The third-order valence-corrected chi connectivity index (χ3v) is 6.93. The number of hydrogen-bond donors (Lipinski definition) is 2. The molecule has 2 N–H and O–H groups in total. The van der Waals surface area contributed by atoms with Crippen LogP contribution in [0.5, 0.6) is 0 Å². The summed E-state index contributed by atoms with van der Waals surface area (Å²) in [5, 5.41) is 10.7. The average Bonchev–Trinajstić information content (AvgIpc) is 3.44. The topological polar surface area (TPSA) is 81.1 Å². The lowest BCUT2D eigenvalue weighted by molar-refractivity contribution is -0.0792. The maximum Gasteiger partial charge on any atom is 0.261 e. The molecule has 29 heavy (non-hydrogen) atoms. The normalized spacial score (nSPS) is 17.8. The lowest BCUT2D eigenvalue weighted by atomic mass is 9.83. The van der Waals surface area contributed by atoms with Crippen molar-refractivity contribution >= 4 is 17.2 Å². The smallest absolute Gasteiger partial charge is 0.261 e. The van der Waals surface area contributed by atoms with Crippen LogP contribution < -0.4 is 10.6 Å². The maximum absolute atomic E-state index is 12.9. The maximum atomic E-state index is 12.9.